The predicted octanol–water partition coefficient (Wildman–Crippen LogP) is 1.33. The molecule has 0 saturated heterocycles. The summed E-state index contributed by atoms with van der Waals surface area (Å²) in [6.07, 6.45) is 4.22. The van der Waals surface area contributed by atoms with E-state index < -0.39 is 0 Å². The Morgan fingerprint density at radius 2 is 2.50 bits per heavy atom. The Balaban J connectivity index is 1.92. The van der Waals surface area contributed by atoms with Gasteiger partial charge in [-0.1, -0.05) is 11.8 Å². The van der Waals surface area contributed by atoms with Crippen molar-refractivity contribution in [3.63, 3.8) is 0 Å². The van der Waals surface area contributed by atoms with Crippen LogP contribution in [0, 0.1) is 5.92 Å². The lowest BCUT2D eigenvalue weighted by molar-refractivity contribution is 0.277. The molecule has 1 aliphatic carbocycles. The van der Waals surface area contributed by atoms with E-state index in [-0.39, 0.29) is 17.9 Å². The van der Waals surface area contributed by atoms with Crippen molar-refractivity contribution in [1.82, 2.24) is 4.98 Å². The first-order chi connectivity index (χ1) is 6.81. The molecule has 0 spiro atoms. The molecule has 1 fully saturated rings. The van der Waals surface area contributed by atoms with E-state index in [1.807, 2.05) is 5.38 Å². The first-order valence-electron chi connectivity index (χ1n) is 4.74. The summed E-state index contributed by atoms with van der Waals surface area (Å²) in [6, 6.07) is 0.119. The summed E-state index contributed by atoms with van der Waals surface area (Å²) >= 11 is 3.21. The molecule has 78 valence electrons. The van der Waals surface area contributed by atoms with E-state index in [4.69, 9.17) is 5.73 Å². The highest BCUT2D eigenvalue weighted by atomic mass is 32.2. The lowest BCUT2D eigenvalue weighted by atomic mass is 10.1. The molecule has 2 unspecified atom stereocenters. The van der Waals surface area contributed by atoms with Gasteiger partial charge in [-0.15, -0.1) is 11.3 Å². The van der Waals surface area contributed by atoms with Gasteiger partial charge in [-0.25, -0.2) is 4.98 Å². The first-order valence-corrected chi connectivity index (χ1v) is 6.50. The highest BCUT2D eigenvalue weighted by Gasteiger charge is 2.34. The van der Waals surface area contributed by atoms with Crippen molar-refractivity contribution in [2.24, 2.45) is 11.7 Å². The van der Waals surface area contributed by atoms with Crippen molar-refractivity contribution in [1.29, 1.82) is 0 Å². The second-order valence-electron chi connectivity index (χ2n) is 3.55. The molecule has 0 bridgehead atoms. The van der Waals surface area contributed by atoms with Crippen molar-refractivity contribution >= 4 is 23.1 Å². The van der Waals surface area contributed by atoms with E-state index in [1.165, 1.54) is 12.8 Å². The van der Waals surface area contributed by atoms with E-state index >= 15 is 0 Å². The molecule has 1 aromatic heterocycles. The van der Waals surface area contributed by atoms with Gasteiger partial charge >= 0.3 is 0 Å². The predicted molar refractivity (Wildman–Crippen MR) is 59.5 cm³/mol. The van der Waals surface area contributed by atoms with Gasteiger partial charge in [0.05, 0.1) is 11.9 Å². The third kappa shape index (κ3) is 2.48. The molecule has 1 saturated carbocycles. The maximum absolute atomic E-state index is 9.25. The average Bonchev–Trinajstić information content (AvgIpc) is 2.93. The van der Waals surface area contributed by atoms with Crippen LogP contribution < -0.4 is 5.73 Å². The second kappa shape index (κ2) is 4.61. The maximum atomic E-state index is 9.25. The molecule has 1 aliphatic rings. The minimum atomic E-state index is 0.105. The van der Waals surface area contributed by atoms with Crippen molar-refractivity contribution in [3.8, 4) is 0 Å². The highest BCUT2D eigenvalue weighted by molar-refractivity contribution is 8.01. The van der Waals surface area contributed by atoms with Gasteiger partial charge in [0.1, 0.15) is 4.34 Å². The molecule has 2 atom stereocenters. The average molecular weight is 230 g/mol. The van der Waals surface area contributed by atoms with E-state index in [2.05, 4.69) is 4.98 Å². The molecule has 14 heavy (non-hydrogen) atoms. The van der Waals surface area contributed by atoms with Gasteiger partial charge in [0.2, 0.25) is 0 Å². The molecule has 0 radical (unpaired) electrons. The standard InChI is InChI=1S/C9H14N2OS2/c10-8(6-1-2-6)7(5-12)14-9-11-3-4-13-9/h3-4,6-8,12H,1-2,5,10H2. The molecular formula is C9H14N2OS2. The van der Waals surface area contributed by atoms with Gasteiger partial charge in [-0.3, -0.25) is 0 Å². The van der Waals surface area contributed by atoms with Crippen LogP contribution in [0.25, 0.3) is 0 Å². The number of aromatic nitrogens is 1. The summed E-state index contributed by atoms with van der Waals surface area (Å²) in [6.45, 7) is 0.141. The number of nitrogens with zero attached hydrogens (tertiary/aromatic N) is 1. The molecule has 0 amide bonds. The van der Waals surface area contributed by atoms with Gasteiger partial charge in [-0.2, -0.15) is 0 Å². The molecule has 1 aromatic rings. The zero-order chi connectivity index (χ0) is 9.97. The van der Waals surface area contributed by atoms with Crippen LogP contribution >= 0.6 is 23.1 Å². The zero-order valence-corrected chi connectivity index (χ0v) is 9.43. The van der Waals surface area contributed by atoms with Gasteiger partial charge in [-0.05, 0) is 18.8 Å². The molecular weight excluding hydrogens is 216 g/mol. The largest absolute Gasteiger partial charge is 0.395 e. The van der Waals surface area contributed by atoms with Crippen LogP contribution in [0.5, 0.6) is 0 Å². The van der Waals surface area contributed by atoms with Gasteiger partial charge in [0.15, 0.2) is 0 Å². The Labute approximate surface area is 91.7 Å². The number of thiazole rings is 1. The molecule has 5 heteroatoms. The Kier molecular flexibility index (Phi) is 3.43. The first kappa shape index (κ1) is 10.4. The molecule has 1 heterocycles. The zero-order valence-electron chi connectivity index (χ0n) is 7.80. The summed E-state index contributed by atoms with van der Waals surface area (Å²) in [4.78, 5) is 4.18. The van der Waals surface area contributed by atoms with Crippen LogP contribution in [0.15, 0.2) is 15.9 Å². The SMILES string of the molecule is NC(C1CC1)C(CO)Sc1nccs1. The number of rotatable bonds is 5. The number of hydrogen-bond donors (Lipinski definition) is 2. The van der Waals surface area contributed by atoms with Crippen LogP contribution in [0.1, 0.15) is 12.8 Å². The highest BCUT2D eigenvalue weighted by Crippen LogP contribution is 2.37. The van der Waals surface area contributed by atoms with Gasteiger partial charge in [0.25, 0.3) is 0 Å². The van der Waals surface area contributed by atoms with Gasteiger partial charge < -0.3 is 10.8 Å². The fraction of sp³-hybridized carbons (Fsp3) is 0.667. The fourth-order valence-corrected chi connectivity index (χ4v) is 3.37. The fourth-order valence-electron chi connectivity index (χ4n) is 1.42. The van der Waals surface area contributed by atoms with E-state index in [9.17, 15) is 5.11 Å². The van der Waals surface area contributed by atoms with Crippen LogP contribution in [0.2, 0.25) is 0 Å². The summed E-state index contributed by atoms with van der Waals surface area (Å²) in [5, 5.41) is 11.3. The van der Waals surface area contributed by atoms with Crippen molar-refractivity contribution in [3.05, 3.63) is 11.6 Å². The smallest absolute Gasteiger partial charge is 0.150 e. The summed E-state index contributed by atoms with van der Waals surface area (Å²) in [7, 11) is 0. The Morgan fingerprint density at radius 3 is 3.00 bits per heavy atom. The van der Waals surface area contributed by atoms with E-state index in [0.29, 0.717) is 5.92 Å². The van der Waals surface area contributed by atoms with Crippen molar-refractivity contribution in [2.75, 3.05) is 6.61 Å². The maximum Gasteiger partial charge on any atom is 0.150 e. The Bertz CT molecular complexity index is 274. The molecule has 3 N–H and O–H groups in total. The number of thioether (sulfide) groups is 1. The Morgan fingerprint density at radius 1 is 1.71 bits per heavy atom. The van der Waals surface area contributed by atoms with E-state index in [1.54, 1.807) is 29.3 Å². The van der Waals surface area contributed by atoms with Crippen LogP contribution in [0.3, 0.4) is 0 Å². The number of hydrogen-bond acceptors (Lipinski definition) is 5. The topological polar surface area (TPSA) is 59.1 Å². The van der Waals surface area contributed by atoms with Crippen LogP contribution in [-0.2, 0) is 0 Å². The number of nitrogens with two attached hydrogens (primary N) is 1. The summed E-state index contributed by atoms with van der Waals surface area (Å²) < 4.78 is 1.00. The summed E-state index contributed by atoms with van der Waals surface area (Å²) in [5.74, 6) is 0.625. The Hall–Kier alpha value is -0.100. The quantitative estimate of drug-likeness (QED) is 0.749. The van der Waals surface area contributed by atoms with Crippen LogP contribution in [0.4, 0.5) is 0 Å². The summed E-state index contributed by atoms with van der Waals surface area (Å²) in [5.41, 5.74) is 6.05. The third-order valence-corrected chi connectivity index (χ3v) is 4.65. The number of aliphatic hydroxyl groups is 1. The lowest BCUT2D eigenvalue weighted by Crippen LogP contribution is -2.36. The second-order valence-corrected chi connectivity index (χ2v) is 5.93. The van der Waals surface area contributed by atoms with Crippen molar-refractivity contribution < 1.29 is 5.11 Å². The molecule has 0 aliphatic heterocycles. The minimum absolute atomic E-state index is 0.105. The molecule has 2 rings (SSSR count). The lowest BCUT2D eigenvalue weighted by Gasteiger charge is -2.19. The van der Waals surface area contributed by atoms with E-state index in [0.717, 1.165) is 4.34 Å². The molecule has 0 aromatic carbocycles. The van der Waals surface area contributed by atoms with Crippen molar-refractivity contribution in [2.45, 2.75) is 28.5 Å². The van der Waals surface area contributed by atoms with Gasteiger partial charge in [0, 0.05) is 17.6 Å². The third-order valence-electron chi connectivity index (χ3n) is 2.44. The molecule has 3 nitrogen and oxygen atoms in total. The normalized spacial score (nSPS) is 20.7. The number of aliphatic hydroxyl groups excluding tert-OH is 1. The minimum Gasteiger partial charge on any atom is -0.395 e. The van der Waals surface area contributed by atoms with Crippen LogP contribution in [-0.4, -0.2) is 28.0 Å². The monoisotopic (exact) mass is 230 g/mol.